The topological polar surface area (TPSA) is 219 Å². The second kappa shape index (κ2) is 24.7. The number of halogens is 6. The number of morpholine rings is 3. The largest absolute Gasteiger partial charge is 0.416 e. The lowest BCUT2D eigenvalue weighted by molar-refractivity contribution is -0.137. The number of nitrogens with zero attached hydrogens (tertiary/aromatic N) is 11. The molecule has 10 rings (SSSR count). The van der Waals surface area contributed by atoms with Crippen LogP contribution in [0, 0.1) is 6.92 Å². The van der Waals surface area contributed by atoms with Crippen molar-refractivity contribution in [2.24, 2.45) is 0 Å². The van der Waals surface area contributed by atoms with E-state index in [0.717, 1.165) is 43.9 Å². The van der Waals surface area contributed by atoms with Gasteiger partial charge in [0.15, 0.2) is 19.7 Å². The Balaban J connectivity index is 0.000000176. The third-order valence-corrected chi connectivity index (χ3v) is 16.3. The van der Waals surface area contributed by atoms with E-state index in [9.17, 15) is 34.8 Å². The predicted octanol–water partition coefficient (Wildman–Crippen LogP) is 5.62. The van der Waals surface area contributed by atoms with Crippen molar-refractivity contribution < 1.29 is 49.0 Å². The lowest BCUT2D eigenvalue weighted by Gasteiger charge is -2.31. The van der Waals surface area contributed by atoms with Crippen molar-refractivity contribution in [1.29, 1.82) is 0 Å². The van der Waals surface area contributed by atoms with Gasteiger partial charge in [0.1, 0.15) is 27.1 Å². The summed E-state index contributed by atoms with van der Waals surface area (Å²) < 4.78 is 102. The van der Waals surface area contributed by atoms with E-state index < -0.39 is 37.3 Å². The van der Waals surface area contributed by atoms with E-state index in [2.05, 4.69) is 25.3 Å². The molecule has 2 aromatic carbocycles. The van der Waals surface area contributed by atoms with Gasteiger partial charge in [0.25, 0.3) is 5.91 Å². The van der Waals surface area contributed by atoms with Crippen molar-refractivity contribution in [2.75, 3.05) is 158 Å². The number of carbonyl (C=O) groups is 1. The van der Waals surface area contributed by atoms with Crippen LogP contribution in [0.15, 0.2) is 60.7 Å². The molecule has 75 heavy (non-hydrogen) atoms. The van der Waals surface area contributed by atoms with E-state index in [1.165, 1.54) is 18.2 Å². The van der Waals surface area contributed by atoms with Crippen LogP contribution in [0.25, 0.3) is 11.3 Å². The summed E-state index contributed by atoms with van der Waals surface area (Å²) in [5.74, 6) is 2.63. The molecular formula is C47H54Cl3F3N12O8S2. The highest BCUT2D eigenvalue weighted by atomic mass is 35.5. The number of aryl methyl sites for hydroxylation is 1. The van der Waals surface area contributed by atoms with Crippen LogP contribution in [0.4, 0.5) is 48.3 Å². The summed E-state index contributed by atoms with van der Waals surface area (Å²) in [6.45, 7) is 11.3. The van der Waals surface area contributed by atoms with Crippen LogP contribution in [0.2, 0.25) is 15.5 Å². The second-order valence-electron chi connectivity index (χ2n) is 17.7. The van der Waals surface area contributed by atoms with Crippen LogP contribution < -0.4 is 29.8 Å². The summed E-state index contributed by atoms with van der Waals surface area (Å²) >= 11 is 17.6. The summed E-state index contributed by atoms with van der Waals surface area (Å²) in [4.78, 5) is 49.3. The molecule has 0 unspecified atom stereocenters. The highest BCUT2D eigenvalue weighted by Gasteiger charge is 2.31. The summed E-state index contributed by atoms with van der Waals surface area (Å²) in [5, 5.41) is 3.79. The second-order valence-corrected chi connectivity index (χ2v) is 23.5. The van der Waals surface area contributed by atoms with Crippen LogP contribution in [0.1, 0.15) is 21.5 Å². The van der Waals surface area contributed by atoms with E-state index in [1.54, 1.807) is 30.3 Å². The van der Waals surface area contributed by atoms with E-state index in [1.807, 2.05) is 31.4 Å². The zero-order chi connectivity index (χ0) is 53.3. The molecule has 5 aromatic rings. The van der Waals surface area contributed by atoms with Gasteiger partial charge in [-0.2, -0.15) is 23.1 Å². The van der Waals surface area contributed by atoms with Crippen LogP contribution in [0.3, 0.4) is 0 Å². The van der Waals surface area contributed by atoms with Crippen molar-refractivity contribution in [1.82, 2.24) is 29.9 Å². The lowest BCUT2D eigenvalue weighted by Crippen LogP contribution is -2.41. The van der Waals surface area contributed by atoms with E-state index >= 15 is 0 Å². The highest BCUT2D eigenvalue weighted by Crippen LogP contribution is 2.33. The number of sulfone groups is 2. The highest BCUT2D eigenvalue weighted by molar-refractivity contribution is 7.91. The molecule has 28 heteroatoms. The Morgan fingerprint density at radius 3 is 1.47 bits per heavy atom. The van der Waals surface area contributed by atoms with Crippen LogP contribution in [-0.2, 0) is 40.1 Å². The van der Waals surface area contributed by atoms with E-state index in [4.69, 9.17) is 59.0 Å². The molecule has 0 spiro atoms. The maximum Gasteiger partial charge on any atom is 0.416 e. The van der Waals surface area contributed by atoms with Gasteiger partial charge in [-0.1, -0.05) is 46.9 Å². The fourth-order valence-corrected chi connectivity index (χ4v) is 11.3. The number of ether oxygens (including phenoxy) is 3. The number of hydrogen-bond acceptors (Lipinski definition) is 19. The van der Waals surface area contributed by atoms with Gasteiger partial charge in [0.05, 0.1) is 73.9 Å². The smallest absolute Gasteiger partial charge is 0.378 e. The Hall–Kier alpha value is -5.41. The minimum Gasteiger partial charge on any atom is -0.378 e. The first-order chi connectivity index (χ1) is 35.8. The standard InChI is InChI=1S/C27H28F3N5O4S.C12H17ClN4O3S.C8H9Cl2N3O/c1-18-5-6-21(31-25(36)19-3-2-4-20(15-19)27(28,29)30)16-22(18)23-17-24(34-9-13-40(37,38)14-10-34)33-26(32-23)35-7-11-39-12-8-35;13-10-9-11(16-3-7-21(18,19)8-4-16)15-12(14-10)17-1-5-20-6-2-17;9-6-5-7(10)12-8(11-6)13-1-3-14-4-2-13/h2-6,15-17H,7-14H2,1H3,(H,31,36);9H,1-8H2;5H,1-4H2. The Labute approximate surface area is 447 Å². The Morgan fingerprint density at radius 1 is 0.547 bits per heavy atom. The molecule has 0 radical (unpaired) electrons. The van der Waals surface area contributed by atoms with Crippen LogP contribution in [-0.4, -0.2) is 181 Å². The summed E-state index contributed by atoms with van der Waals surface area (Å²) in [6, 6.07) is 14.4. The predicted molar refractivity (Wildman–Crippen MR) is 282 cm³/mol. The average Bonchev–Trinajstić information content (AvgIpc) is 3.39. The first kappa shape index (κ1) is 55.8. The molecule has 0 bridgehead atoms. The molecule has 404 valence electrons. The number of alkyl halides is 3. The first-order valence-corrected chi connectivity index (χ1v) is 28.7. The average molecular weight is 1140 g/mol. The number of hydrogen-bond donors (Lipinski definition) is 1. The van der Waals surface area contributed by atoms with E-state index in [-0.39, 0.29) is 28.6 Å². The molecular weight excluding hydrogens is 1090 g/mol. The molecule has 0 saturated carbocycles. The van der Waals surface area contributed by atoms with Gasteiger partial charge in [-0.15, -0.1) is 0 Å². The molecule has 0 atom stereocenters. The number of anilines is 6. The maximum absolute atomic E-state index is 13.1. The molecule has 20 nitrogen and oxygen atoms in total. The fourth-order valence-electron chi connectivity index (χ4n) is 8.27. The Bertz CT molecular complexity index is 3000. The normalized spacial score (nSPS) is 18.8. The number of aromatic nitrogens is 6. The Morgan fingerprint density at radius 2 is 0.987 bits per heavy atom. The summed E-state index contributed by atoms with van der Waals surface area (Å²) in [5.41, 5.74) is 1.50. The zero-order valence-corrected chi connectivity index (χ0v) is 44.6. The molecule has 5 aliphatic rings. The summed E-state index contributed by atoms with van der Waals surface area (Å²) in [6.07, 6.45) is -4.56. The molecule has 1 N–H and O–H groups in total. The first-order valence-electron chi connectivity index (χ1n) is 23.9. The molecule has 5 fully saturated rings. The van der Waals surface area contributed by atoms with Crippen molar-refractivity contribution >= 4 is 95.6 Å². The number of amides is 1. The van der Waals surface area contributed by atoms with E-state index in [0.29, 0.717) is 141 Å². The quantitative estimate of drug-likeness (QED) is 0.187. The van der Waals surface area contributed by atoms with Gasteiger partial charge in [0, 0.05) is 100 Å². The third-order valence-electron chi connectivity index (χ3n) is 12.5. The molecule has 5 aliphatic heterocycles. The van der Waals surface area contributed by atoms with Gasteiger partial charge in [-0.05, 0) is 42.8 Å². The van der Waals surface area contributed by atoms with Crippen LogP contribution in [0.5, 0.6) is 0 Å². The zero-order valence-electron chi connectivity index (χ0n) is 40.7. The van der Waals surface area contributed by atoms with Gasteiger partial charge in [-0.25, -0.2) is 36.8 Å². The number of rotatable bonds is 8. The number of nitrogens with one attached hydrogen (secondary N) is 1. The van der Waals surface area contributed by atoms with Crippen molar-refractivity contribution in [3.05, 3.63) is 92.8 Å². The summed E-state index contributed by atoms with van der Waals surface area (Å²) in [7, 11) is -6.00. The Kier molecular flexibility index (Phi) is 18.4. The van der Waals surface area contributed by atoms with Crippen molar-refractivity contribution in [3.63, 3.8) is 0 Å². The molecule has 8 heterocycles. The van der Waals surface area contributed by atoms with Gasteiger partial charge >= 0.3 is 6.18 Å². The monoisotopic (exact) mass is 1140 g/mol. The molecule has 0 aliphatic carbocycles. The van der Waals surface area contributed by atoms with Gasteiger partial charge in [0.2, 0.25) is 17.8 Å². The SMILES string of the molecule is Cc1ccc(NC(=O)c2cccc(C(F)(F)F)c2)cc1-c1cc(N2CCS(=O)(=O)CC2)nc(N2CCOCC2)n1.Clc1cc(Cl)nc(N2CCOCC2)n1.O=S1(=O)CCN(c2cc(Cl)nc(N3CCOCC3)n2)CC1. The minimum absolute atomic E-state index is 0.0370. The number of carbonyl (C=O) groups excluding carboxylic acids is 1. The molecule has 1 amide bonds. The minimum atomic E-state index is -4.56. The third kappa shape index (κ3) is 15.6. The van der Waals surface area contributed by atoms with Gasteiger partial charge < -0.3 is 44.0 Å². The number of benzene rings is 2. The maximum atomic E-state index is 13.1. The van der Waals surface area contributed by atoms with Crippen molar-refractivity contribution in [3.8, 4) is 11.3 Å². The molecule has 5 saturated heterocycles. The van der Waals surface area contributed by atoms with Crippen LogP contribution >= 0.6 is 34.8 Å². The lowest BCUT2D eigenvalue weighted by atomic mass is 10.0. The van der Waals surface area contributed by atoms with Crippen molar-refractivity contribution in [2.45, 2.75) is 13.1 Å². The fraction of sp³-hybridized carbons (Fsp3) is 0.468. The molecule has 3 aromatic heterocycles. The van der Waals surface area contributed by atoms with Gasteiger partial charge in [-0.3, -0.25) is 4.79 Å².